The van der Waals surface area contributed by atoms with Crippen molar-refractivity contribution >= 4 is 11.6 Å². The molecule has 2 aromatic carbocycles. The second-order valence-corrected chi connectivity index (χ2v) is 6.29. The molecule has 0 atom stereocenters. The first-order chi connectivity index (χ1) is 12.3. The highest BCUT2D eigenvalue weighted by atomic mass is 15.3. The SMILES string of the molecule is NC(=NCc1cnn(-c2ccccc2)c1)Nc1ccc2c(c1)CCC2. The summed E-state index contributed by atoms with van der Waals surface area (Å²) < 4.78 is 1.84. The zero-order chi connectivity index (χ0) is 17.1. The van der Waals surface area contributed by atoms with Gasteiger partial charge < -0.3 is 11.1 Å². The third kappa shape index (κ3) is 3.55. The lowest BCUT2D eigenvalue weighted by Crippen LogP contribution is -2.22. The van der Waals surface area contributed by atoms with Crippen molar-refractivity contribution in [1.82, 2.24) is 9.78 Å². The number of aliphatic imine (C=N–C) groups is 1. The molecule has 1 heterocycles. The summed E-state index contributed by atoms with van der Waals surface area (Å²) in [4.78, 5) is 4.42. The number of fused-ring (bicyclic) bond motifs is 1. The van der Waals surface area contributed by atoms with E-state index >= 15 is 0 Å². The monoisotopic (exact) mass is 331 g/mol. The quantitative estimate of drug-likeness (QED) is 0.569. The van der Waals surface area contributed by atoms with Gasteiger partial charge in [-0.05, 0) is 54.7 Å². The Kier molecular flexibility index (Phi) is 4.21. The van der Waals surface area contributed by atoms with Crippen molar-refractivity contribution in [1.29, 1.82) is 0 Å². The minimum absolute atomic E-state index is 0.422. The molecule has 0 amide bonds. The fraction of sp³-hybridized carbons (Fsp3) is 0.200. The van der Waals surface area contributed by atoms with Crippen molar-refractivity contribution in [2.75, 3.05) is 5.32 Å². The number of para-hydroxylation sites is 1. The van der Waals surface area contributed by atoms with Gasteiger partial charge in [-0.2, -0.15) is 5.10 Å². The Morgan fingerprint density at radius 1 is 1.12 bits per heavy atom. The normalized spacial score (nSPS) is 13.7. The molecular weight excluding hydrogens is 310 g/mol. The Morgan fingerprint density at radius 2 is 1.96 bits per heavy atom. The molecule has 0 fully saturated rings. The smallest absolute Gasteiger partial charge is 0.193 e. The van der Waals surface area contributed by atoms with Crippen LogP contribution >= 0.6 is 0 Å². The lowest BCUT2D eigenvalue weighted by molar-refractivity contribution is 0.879. The Balaban J connectivity index is 1.41. The second kappa shape index (κ2) is 6.81. The molecule has 0 spiro atoms. The maximum Gasteiger partial charge on any atom is 0.193 e. The number of anilines is 1. The van der Waals surface area contributed by atoms with Gasteiger partial charge in [-0.25, -0.2) is 9.67 Å². The molecule has 0 unspecified atom stereocenters. The van der Waals surface area contributed by atoms with E-state index in [1.165, 1.54) is 24.0 Å². The molecule has 1 aliphatic rings. The van der Waals surface area contributed by atoms with E-state index in [9.17, 15) is 0 Å². The van der Waals surface area contributed by atoms with Crippen molar-refractivity contribution < 1.29 is 0 Å². The van der Waals surface area contributed by atoms with Crippen LogP contribution in [0.5, 0.6) is 0 Å². The van der Waals surface area contributed by atoms with Crippen LogP contribution < -0.4 is 11.1 Å². The summed E-state index contributed by atoms with van der Waals surface area (Å²) in [6.45, 7) is 0.497. The zero-order valence-corrected chi connectivity index (χ0v) is 14.0. The number of nitrogens with zero attached hydrogens (tertiary/aromatic N) is 3. The van der Waals surface area contributed by atoms with E-state index < -0.39 is 0 Å². The minimum atomic E-state index is 0.422. The van der Waals surface area contributed by atoms with Gasteiger partial charge in [-0.15, -0.1) is 0 Å². The van der Waals surface area contributed by atoms with Crippen molar-refractivity contribution in [3.8, 4) is 5.69 Å². The molecule has 3 aromatic rings. The van der Waals surface area contributed by atoms with E-state index in [0.717, 1.165) is 23.4 Å². The molecule has 25 heavy (non-hydrogen) atoms. The van der Waals surface area contributed by atoms with Crippen LogP contribution in [0.1, 0.15) is 23.1 Å². The number of guanidine groups is 1. The number of rotatable bonds is 4. The van der Waals surface area contributed by atoms with Gasteiger partial charge in [-0.3, -0.25) is 0 Å². The second-order valence-electron chi connectivity index (χ2n) is 6.29. The van der Waals surface area contributed by atoms with Gasteiger partial charge in [0.15, 0.2) is 5.96 Å². The number of hydrogen-bond acceptors (Lipinski definition) is 2. The summed E-state index contributed by atoms with van der Waals surface area (Å²) in [6, 6.07) is 16.4. The van der Waals surface area contributed by atoms with Gasteiger partial charge in [0.05, 0.1) is 18.4 Å². The number of nitrogens with one attached hydrogen (secondary N) is 1. The molecule has 0 saturated heterocycles. The molecule has 0 saturated carbocycles. The summed E-state index contributed by atoms with van der Waals surface area (Å²) in [5, 5.41) is 7.55. The number of aryl methyl sites for hydroxylation is 2. The molecular formula is C20H21N5. The van der Waals surface area contributed by atoms with Crippen molar-refractivity contribution in [2.24, 2.45) is 10.7 Å². The van der Waals surface area contributed by atoms with Gasteiger partial charge in [0.2, 0.25) is 0 Å². The molecule has 3 N–H and O–H groups in total. The van der Waals surface area contributed by atoms with E-state index in [2.05, 4.69) is 33.6 Å². The van der Waals surface area contributed by atoms with Crippen LogP contribution in [0.3, 0.4) is 0 Å². The largest absolute Gasteiger partial charge is 0.370 e. The van der Waals surface area contributed by atoms with Crippen LogP contribution in [0.15, 0.2) is 65.9 Å². The lowest BCUT2D eigenvalue weighted by Gasteiger charge is -2.07. The van der Waals surface area contributed by atoms with Crippen molar-refractivity contribution in [3.05, 3.63) is 77.6 Å². The van der Waals surface area contributed by atoms with Crippen LogP contribution in [0.4, 0.5) is 5.69 Å². The summed E-state index contributed by atoms with van der Waals surface area (Å²) in [5.41, 5.74) is 11.9. The van der Waals surface area contributed by atoms with E-state index in [0.29, 0.717) is 12.5 Å². The highest BCUT2D eigenvalue weighted by Gasteiger charge is 2.10. The van der Waals surface area contributed by atoms with Gasteiger partial charge in [0.1, 0.15) is 0 Å². The Labute approximate surface area is 147 Å². The van der Waals surface area contributed by atoms with E-state index in [-0.39, 0.29) is 0 Å². The lowest BCUT2D eigenvalue weighted by atomic mass is 10.1. The summed E-state index contributed by atoms with van der Waals surface area (Å²) in [5.74, 6) is 0.422. The molecule has 0 radical (unpaired) electrons. The van der Waals surface area contributed by atoms with E-state index in [1.807, 2.05) is 47.4 Å². The third-order valence-corrected chi connectivity index (χ3v) is 4.46. The molecule has 1 aromatic heterocycles. The predicted octanol–water partition coefficient (Wildman–Crippen LogP) is 3.29. The number of benzene rings is 2. The summed E-state index contributed by atoms with van der Waals surface area (Å²) in [6.07, 6.45) is 7.37. The fourth-order valence-electron chi connectivity index (χ4n) is 3.18. The summed E-state index contributed by atoms with van der Waals surface area (Å²) in [7, 11) is 0. The molecule has 5 nitrogen and oxygen atoms in total. The number of aromatic nitrogens is 2. The number of nitrogens with two attached hydrogens (primary N) is 1. The minimum Gasteiger partial charge on any atom is -0.370 e. The third-order valence-electron chi connectivity index (χ3n) is 4.46. The van der Waals surface area contributed by atoms with Crippen molar-refractivity contribution in [2.45, 2.75) is 25.8 Å². The molecule has 1 aliphatic carbocycles. The first-order valence-electron chi connectivity index (χ1n) is 8.56. The van der Waals surface area contributed by atoms with Gasteiger partial charge in [0, 0.05) is 17.4 Å². The summed E-state index contributed by atoms with van der Waals surface area (Å²) >= 11 is 0. The van der Waals surface area contributed by atoms with Crippen LogP contribution in [0.25, 0.3) is 5.69 Å². The average Bonchev–Trinajstić information content (AvgIpc) is 3.30. The predicted molar refractivity (Wildman–Crippen MR) is 101 cm³/mol. The van der Waals surface area contributed by atoms with Crippen LogP contribution in [0.2, 0.25) is 0 Å². The molecule has 0 bridgehead atoms. The average molecular weight is 331 g/mol. The Hall–Kier alpha value is -3.08. The molecule has 4 rings (SSSR count). The first-order valence-corrected chi connectivity index (χ1v) is 8.56. The van der Waals surface area contributed by atoms with Crippen LogP contribution in [-0.4, -0.2) is 15.7 Å². The fourth-order valence-corrected chi connectivity index (χ4v) is 3.18. The maximum absolute atomic E-state index is 6.03. The Bertz CT molecular complexity index is 895. The highest BCUT2D eigenvalue weighted by molar-refractivity contribution is 5.92. The zero-order valence-electron chi connectivity index (χ0n) is 14.0. The first kappa shape index (κ1) is 15.4. The maximum atomic E-state index is 6.03. The highest BCUT2D eigenvalue weighted by Crippen LogP contribution is 2.24. The van der Waals surface area contributed by atoms with Gasteiger partial charge in [-0.1, -0.05) is 24.3 Å². The molecule has 5 heteroatoms. The van der Waals surface area contributed by atoms with Gasteiger partial charge in [0.25, 0.3) is 0 Å². The van der Waals surface area contributed by atoms with Crippen LogP contribution in [-0.2, 0) is 19.4 Å². The van der Waals surface area contributed by atoms with Crippen molar-refractivity contribution in [3.63, 3.8) is 0 Å². The number of hydrogen-bond donors (Lipinski definition) is 2. The molecule has 126 valence electrons. The topological polar surface area (TPSA) is 68.2 Å². The van der Waals surface area contributed by atoms with Crippen LogP contribution in [0, 0.1) is 0 Å². The van der Waals surface area contributed by atoms with E-state index in [4.69, 9.17) is 5.73 Å². The Morgan fingerprint density at radius 3 is 2.84 bits per heavy atom. The van der Waals surface area contributed by atoms with E-state index in [1.54, 1.807) is 0 Å². The molecule has 0 aliphatic heterocycles. The standard InChI is InChI=1S/C20H21N5/c21-20(24-18-10-9-16-5-4-6-17(16)11-18)22-12-15-13-23-25(14-15)19-7-2-1-3-8-19/h1-3,7-11,13-14H,4-6,12H2,(H3,21,22,24). The van der Waals surface area contributed by atoms with Gasteiger partial charge >= 0.3 is 0 Å².